The molecule has 9 heteroatoms. The zero-order chi connectivity index (χ0) is 21.2. The first-order valence-corrected chi connectivity index (χ1v) is 12.8. The van der Waals surface area contributed by atoms with E-state index in [9.17, 15) is 21.6 Å². The monoisotopic (exact) mass is 436 g/mol. The minimum absolute atomic E-state index is 0.140. The molecule has 0 atom stereocenters. The largest absolute Gasteiger partial charge is 0.326 e. The quantitative estimate of drug-likeness (QED) is 0.750. The summed E-state index contributed by atoms with van der Waals surface area (Å²) >= 11 is 0. The summed E-state index contributed by atoms with van der Waals surface area (Å²) in [5.41, 5.74) is 2.85. The molecule has 2 aromatic rings. The minimum Gasteiger partial charge on any atom is -0.326 e. The minimum atomic E-state index is -3.28. The Hall–Kier alpha value is -2.39. The Morgan fingerprint density at radius 1 is 1.14 bits per heavy atom. The van der Waals surface area contributed by atoms with Crippen molar-refractivity contribution in [2.24, 2.45) is 0 Å². The van der Waals surface area contributed by atoms with E-state index in [0.717, 1.165) is 17.4 Å². The number of sulfone groups is 1. The molecule has 2 aromatic carbocycles. The fourth-order valence-electron chi connectivity index (χ4n) is 3.20. The third kappa shape index (κ3) is 5.16. The number of carbonyl (C=O) groups is 1. The van der Waals surface area contributed by atoms with Gasteiger partial charge in [0.05, 0.1) is 16.3 Å². The fraction of sp³-hybridized carbons (Fsp3) is 0.350. The lowest BCUT2D eigenvalue weighted by atomic mass is 10.1. The highest BCUT2D eigenvalue weighted by atomic mass is 32.2. The van der Waals surface area contributed by atoms with Gasteiger partial charge in [0.1, 0.15) is 0 Å². The van der Waals surface area contributed by atoms with Crippen molar-refractivity contribution in [2.75, 3.05) is 28.2 Å². The summed E-state index contributed by atoms with van der Waals surface area (Å²) in [6.45, 7) is 2.30. The lowest BCUT2D eigenvalue weighted by Crippen LogP contribution is -2.25. The van der Waals surface area contributed by atoms with Gasteiger partial charge in [-0.25, -0.2) is 16.8 Å². The lowest BCUT2D eigenvalue weighted by molar-refractivity contribution is -0.116. The van der Waals surface area contributed by atoms with Crippen LogP contribution < -0.4 is 9.62 Å². The maximum atomic E-state index is 12.4. The van der Waals surface area contributed by atoms with Gasteiger partial charge in [-0.1, -0.05) is 18.2 Å². The van der Waals surface area contributed by atoms with Crippen molar-refractivity contribution in [1.29, 1.82) is 0 Å². The zero-order valence-corrected chi connectivity index (χ0v) is 18.0. The van der Waals surface area contributed by atoms with E-state index in [1.165, 1.54) is 16.4 Å². The van der Waals surface area contributed by atoms with Crippen molar-refractivity contribution in [3.05, 3.63) is 53.6 Å². The second-order valence-electron chi connectivity index (χ2n) is 7.21. The fourth-order valence-corrected chi connectivity index (χ4v) is 5.39. The van der Waals surface area contributed by atoms with Crippen molar-refractivity contribution in [1.82, 2.24) is 0 Å². The first-order chi connectivity index (χ1) is 13.6. The highest BCUT2D eigenvalue weighted by molar-refractivity contribution is 7.93. The van der Waals surface area contributed by atoms with Crippen molar-refractivity contribution in [3.63, 3.8) is 0 Å². The number of anilines is 2. The molecule has 156 valence electrons. The van der Waals surface area contributed by atoms with Crippen LogP contribution in [0.25, 0.3) is 0 Å². The van der Waals surface area contributed by atoms with Crippen LogP contribution >= 0.6 is 0 Å². The van der Waals surface area contributed by atoms with E-state index in [0.29, 0.717) is 30.8 Å². The molecule has 3 rings (SSSR count). The van der Waals surface area contributed by atoms with Crippen LogP contribution in [0.1, 0.15) is 24.0 Å². The molecule has 0 unspecified atom stereocenters. The zero-order valence-electron chi connectivity index (χ0n) is 16.4. The second kappa shape index (κ2) is 8.16. The molecule has 0 saturated carbocycles. The molecule has 1 saturated heterocycles. The summed E-state index contributed by atoms with van der Waals surface area (Å²) in [5.74, 6) is -0.0533. The molecule has 0 spiro atoms. The predicted octanol–water partition coefficient (Wildman–Crippen LogP) is 2.51. The first-order valence-electron chi connectivity index (χ1n) is 9.26. The molecule has 1 aliphatic rings. The average Bonchev–Trinajstić information content (AvgIpc) is 3.00. The van der Waals surface area contributed by atoms with Crippen LogP contribution in [-0.2, 0) is 31.1 Å². The number of nitrogens with one attached hydrogen (secondary N) is 1. The number of carbonyl (C=O) groups excluding carboxylic acids is 1. The number of benzene rings is 2. The van der Waals surface area contributed by atoms with Crippen LogP contribution in [-0.4, -0.2) is 41.3 Å². The van der Waals surface area contributed by atoms with E-state index >= 15 is 0 Å². The third-order valence-corrected chi connectivity index (χ3v) is 7.87. The normalized spacial score (nSPS) is 16.0. The molecule has 0 aromatic heterocycles. The van der Waals surface area contributed by atoms with Gasteiger partial charge in [-0.2, -0.15) is 0 Å². The van der Waals surface area contributed by atoms with Crippen molar-refractivity contribution < 1.29 is 21.6 Å². The van der Waals surface area contributed by atoms with E-state index < -0.39 is 19.9 Å². The number of hydrogen-bond acceptors (Lipinski definition) is 5. The molecule has 0 bridgehead atoms. The number of hydrogen-bond donors (Lipinski definition) is 1. The van der Waals surface area contributed by atoms with Gasteiger partial charge in [0.2, 0.25) is 15.9 Å². The third-order valence-electron chi connectivity index (χ3n) is 4.87. The predicted molar refractivity (Wildman–Crippen MR) is 113 cm³/mol. The SMILES string of the molecule is Cc1ccc(N2CCCS2(=O)=O)cc1NC(=O)CCc1ccc(S(C)(=O)=O)cc1. The standard InChI is InChI=1S/C20H24N2O5S2/c1-15-4-8-17(22-12-3-13-29(22,26)27)14-19(15)21-20(23)11-7-16-5-9-18(10-6-16)28(2,24)25/h4-6,8-10,14H,3,7,11-13H2,1-2H3,(H,21,23). The Labute approximate surface area is 171 Å². The van der Waals surface area contributed by atoms with Crippen LogP contribution in [0.4, 0.5) is 11.4 Å². The van der Waals surface area contributed by atoms with Gasteiger partial charge in [0.25, 0.3) is 0 Å². The van der Waals surface area contributed by atoms with E-state index in [-0.39, 0.29) is 23.0 Å². The summed E-state index contributed by atoms with van der Waals surface area (Å²) in [6.07, 6.45) is 2.44. The smallest absolute Gasteiger partial charge is 0.235 e. The Kier molecular flexibility index (Phi) is 6.00. The average molecular weight is 437 g/mol. The molecular weight excluding hydrogens is 412 g/mol. The number of amides is 1. The second-order valence-corrected chi connectivity index (χ2v) is 11.2. The van der Waals surface area contributed by atoms with Crippen molar-refractivity contribution >= 4 is 37.1 Å². The molecule has 7 nitrogen and oxygen atoms in total. The van der Waals surface area contributed by atoms with Crippen LogP contribution in [0, 0.1) is 6.92 Å². The summed E-state index contributed by atoms with van der Waals surface area (Å²) in [5, 5.41) is 2.85. The molecule has 1 heterocycles. The number of nitrogens with zero attached hydrogens (tertiary/aromatic N) is 1. The van der Waals surface area contributed by atoms with E-state index in [2.05, 4.69) is 5.32 Å². The Morgan fingerprint density at radius 3 is 2.41 bits per heavy atom. The van der Waals surface area contributed by atoms with E-state index in [1.807, 2.05) is 6.92 Å². The number of aryl methyl sites for hydroxylation is 2. The van der Waals surface area contributed by atoms with Gasteiger partial charge < -0.3 is 5.32 Å². The summed E-state index contributed by atoms with van der Waals surface area (Å²) in [4.78, 5) is 12.6. The molecule has 0 aliphatic carbocycles. The lowest BCUT2D eigenvalue weighted by Gasteiger charge is -2.19. The van der Waals surface area contributed by atoms with E-state index in [1.54, 1.807) is 30.3 Å². The van der Waals surface area contributed by atoms with Gasteiger partial charge in [0, 0.05) is 24.9 Å². The van der Waals surface area contributed by atoms with Crippen LogP contribution in [0.3, 0.4) is 0 Å². The van der Waals surface area contributed by atoms with Crippen LogP contribution in [0.5, 0.6) is 0 Å². The maximum absolute atomic E-state index is 12.4. The van der Waals surface area contributed by atoms with Crippen LogP contribution in [0.15, 0.2) is 47.4 Å². The first kappa shape index (κ1) is 21.3. The number of rotatable bonds is 6. The van der Waals surface area contributed by atoms with Gasteiger partial charge >= 0.3 is 0 Å². The Bertz CT molecular complexity index is 1120. The molecule has 1 N–H and O–H groups in total. The highest BCUT2D eigenvalue weighted by Crippen LogP contribution is 2.28. The van der Waals surface area contributed by atoms with Crippen molar-refractivity contribution in [3.8, 4) is 0 Å². The molecule has 1 fully saturated rings. The van der Waals surface area contributed by atoms with Gasteiger partial charge in [-0.3, -0.25) is 9.10 Å². The molecular formula is C20H24N2O5S2. The summed E-state index contributed by atoms with van der Waals surface area (Å²) in [6, 6.07) is 11.7. The van der Waals surface area contributed by atoms with Gasteiger partial charge in [-0.15, -0.1) is 0 Å². The summed E-state index contributed by atoms with van der Waals surface area (Å²) in [7, 11) is -6.52. The van der Waals surface area contributed by atoms with E-state index in [4.69, 9.17) is 0 Å². The Morgan fingerprint density at radius 2 is 1.83 bits per heavy atom. The molecule has 0 radical (unpaired) electrons. The maximum Gasteiger partial charge on any atom is 0.235 e. The Balaban J connectivity index is 1.65. The molecule has 29 heavy (non-hydrogen) atoms. The summed E-state index contributed by atoms with van der Waals surface area (Å²) < 4.78 is 48.6. The molecule has 1 amide bonds. The number of sulfonamides is 1. The van der Waals surface area contributed by atoms with Crippen molar-refractivity contribution in [2.45, 2.75) is 31.1 Å². The van der Waals surface area contributed by atoms with Gasteiger partial charge in [0.15, 0.2) is 9.84 Å². The van der Waals surface area contributed by atoms with Gasteiger partial charge in [-0.05, 0) is 55.2 Å². The topological polar surface area (TPSA) is 101 Å². The highest BCUT2D eigenvalue weighted by Gasteiger charge is 2.28. The molecule has 1 aliphatic heterocycles. The van der Waals surface area contributed by atoms with Crippen LogP contribution in [0.2, 0.25) is 0 Å².